The summed E-state index contributed by atoms with van der Waals surface area (Å²) in [6.07, 6.45) is 3.19. The number of rotatable bonds is 5. The quantitative estimate of drug-likeness (QED) is 0.740. The van der Waals surface area contributed by atoms with E-state index in [0.29, 0.717) is 24.1 Å². The van der Waals surface area contributed by atoms with Gasteiger partial charge in [-0.3, -0.25) is 4.79 Å². The fourth-order valence-electron chi connectivity index (χ4n) is 1.51. The highest BCUT2D eigenvalue weighted by Gasteiger charge is 2.30. The molecule has 2 rings (SSSR count). The van der Waals surface area contributed by atoms with Crippen LogP contribution in [-0.2, 0) is 17.6 Å². The largest absolute Gasteiger partial charge is 0.339 e. The van der Waals surface area contributed by atoms with Crippen molar-refractivity contribution in [3.05, 3.63) is 11.7 Å². The van der Waals surface area contributed by atoms with Crippen molar-refractivity contribution < 1.29 is 9.32 Å². The zero-order chi connectivity index (χ0) is 10.8. The van der Waals surface area contributed by atoms with Crippen molar-refractivity contribution in [3.8, 4) is 0 Å². The van der Waals surface area contributed by atoms with Crippen molar-refractivity contribution in [2.75, 3.05) is 0 Å². The minimum Gasteiger partial charge on any atom is -0.339 e. The van der Waals surface area contributed by atoms with E-state index in [1.165, 1.54) is 0 Å². The molecule has 1 fully saturated rings. The fourth-order valence-corrected chi connectivity index (χ4v) is 1.51. The molecule has 1 saturated carbocycles. The average molecular weight is 208 g/mol. The standard InChI is InChI=1S/C11H16N2O2/c1-7(2)5-10-12-11(15-13-10)6-9(14)8-3-4-8/h7-8H,3-6H2,1-2H3. The van der Waals surface area contributed by atoms with Crippen molar-refractivity contribution >= 4 is 5.78 Å². The number of Topliss-reactive ketones (excluding diaryl/α,β-unsaturated/α-hetero) is 1. The van der Waals surface area contributed by atoms with E-state index in [4.69, 9.17) is 4.52 Å². The van der Waals surface area contributed by atoms with Crippen LogP contribution >= 0.6 is 0 Å². The molecule has 1 aromatic rings. The summed E-state index contributed by atoms with van der Waals surface area (Å²) in [5.41, 5.74) is 0. The van der Waals surface area contributed by atoms with Crippen LogP contribution in [0.5, 0.6) is 0 Å². The van der Waals surface area contributed by atoms with Crippen LogP contribution < -0.4 is 0 Å². The molecule has 0 aromatic carbocycles. The van der Waals surface area contributed by atoms with Gasteiger partial charge in [0.25, 0.3) is 0 Å². The molecule has 0 aliphatic heterocycles. The monoisotopic (exact) mass is 208 g/mol. The van der Waals surface area contributed by atoms with Crippen LogP contribution in [0.25, 0.3) is 0 Å². The molecule has 0 radical (unpaired) electrons. The van der Waals surface area contributed by atoms with Crippen LogP contribution in [0.4, 0.5) is 0 Å². The highest BCUT2D eigenvalue weighted by Crippen LogP contribution is 2.30. The van der Waals surface area contributed by atoms with Crippen LogP contribution in [0.1, 0.15) is 38.4 Å². The number of nitrogens with zero attached hydrogens (tertiary/aromatic N) is 2. The van der Waals surface area contributed by atoms with Crippen molar-refractivity contribution in [3.63, 3.8) is 0 Å². The Labute approximate surface area is 89.1 Å². The zero-order valence-electron chi connectivity index (χ0n) is 9.19. The van der Waals surface area contributed by atoms with Crippen LogP contribution in [0.2, 0.25) is 0 Å². The predicted molar refractivity (Wildman–Crippen MR) is 54.3 cm³/mol. The molecular weight excluding hydrogens is 192 g/mol. The lowest BCUT2D eigenvalue weighted by molar-refractivity contribution is -0.119. The molecule has 0 N–H and O–H groups in total. The first kappa shape index (κ1) is 10.3. The van der Waals surface area contributed by atoms with Gasteiger partial charge in [0.05, 0.1) is 6.42 Å². The normalized spacial score (nSPS) is 15.9. The molecule has 0 amide bonds. The lowest BCUT2D eigenvalue weighted by Crippen LogP contribution is -2.05. The summed E-state index contributed by atoms with van der Waals surface area (Å²) in [6.45, 7) is 4.21. The summed E-state index contributed by atoms with van der Waals surface area (Å²) in [5.74, 6) is 2.21. The summed E-state index contributed by atoms with van der Waals surface area (Å²) >= 11 is 0. The van der Waals surface area contributed by atoms with Gasteiger partial charge in [0, 0.05) is 12.3 Å². The Hall–Kier alpha value is -1.19. The molecule has 4 heteroatoms. The second-order valence-electron chi connectivity index (χ2n) is 4.62. The van der Waals surface area contributed by atoms with Gasteiger partial charge < -0.3 is 4.52 Å². The third-order valence-corrected chi connectivity index (χ3v) is 2.46. The highest BCUT2D eigenvalue weighted by molar-refractivity contribution is 5.84. The first-order valence-corrected chi connectivity index (χ1v) is 5.49. The van der Waals surface area contributed by atoms with Crippen molar-refractivity contribution in [1.29, 1.82) is 0 Å². The first-order chi connectivity index (χ1) is 7.15. The molecule has 1 aromatic heterocycles. The second-order valence-corrected chi connectivity index (χ2v) is 4.62. The number of carbonyl (C=O) groups is 1. The van der Waals surface area contributed by atoms with Gasteiger partial charge >= 0.3 is 0 Å². The smallest absolute Gasteiger partial charge is 0.234 e. The molecule has 15 heavy (non-hydrogen) atoms. The van der Waals surface area contributed by atoms with Gasteiger partial charge in [0.1, 0.15) is 5.78 Å². The zero-order valence-corrected chi connectivity index (χ0v) is 9.19. The summed E-state index contributed by atoms with van der Waals surface area (Å²) in [4.78, 5) is 15.7. The lowest BCUT2D eigenvalue weighted by atomic mass is 10.1. The minimum atomic E-state index is 0.245. The fraction of sp³-hybridized carbons (Fsp3) is 0.727. The van der Waals surface area contributed by atoms with Crippen LogP contribution in [0.3, 0.4) is 0 Å². The molecule has 0 atom stereocenters. The molecule has 0 unspecified atom stereocenters. The third-order valence-electron chi connectivity index (χ3n) is 2.46. The number of carbonyl (C=O) groups excluding carboxylic acids is 1. The average Bonchev–Trinajstić information content (AvgIpc) is 2.90. The third kappa shape index (κ3) is 2.88. The SMILES string of the molecule is CC(C)Cc1noc(CC(=O)C2CC2)n1. The van der Waals surface area contributed by atoms with Gasteiger partial charge in [-0.2, -0.15) is 4.98 Å². The van der Waals surface area contributed by atoms with E-state index in [9.17, 15) is 4.79 Å². The highest BCUT2D eigenvalue weighted by atomic mass is 16.5. The lowest BCUT2D eigenvalue weighted by Gasteiger charge is -1.96. The molecule has 1 aliphatic carbocycles. The van der Waals surface area contributed by atoms with Crippen LogP contribution in [0, 0.1) is 11.8 Å². The Bertz CT molecular complexity index is 353. The number of hydrogen-bond acceptors (Lipinski definition) is 4. The molecule has 0 spiro atoms. The van der Waals surface area contributed by atoms with E-state index < -0.39 is 0 Å². The maximum atomic E-state index is 11.5. The maximum absolute atomic E-state index is 11.5. The number of aromatic nitrogens is 2. The predicted octanol–water partition coefficient (Wildman–Crippen LogP) is 1.79. The molecule has 1 aliphatic rings. The summed E-state index contributed by atoms with van der Waals surface area (Å²) in [5, 5.41) is 3.85. The topological polar surface area (TPSA) is 56.0 Å². The Morgan fingerprint density at radius 3 is 2.87 bits per heavy atom. The summed E-state index contributed by atoms with van der Waals surface area (Å²) in [6, 6.07) is 0. The molecule has 4 nitrogen and oxygen atoms in total. The molecule has 0 bridgehead atoms. The van der Waals surface area contributed by atoms with Gasteiger partial charge in [0.2, 0.25) is 5.89 Å². The Morgan fingerprint density at radius 1 is 1.53 bits per heavy atom. The van der Waals surface area contributed by atoms with E-state index in [1.54, 1.807) is 0 Å². The van der Waals surface area contributed by atoms with Crippen molar-refractivity contribution in [2.45, 2.75) is 39.5 Å². The Morgan fingerprint density at radius 2 is 2.27 bits per heavy atom. The van der Waals surface area contributed by atoms with Crippen molar-refractivity contribution in [1.82, 2.24) is 10.1 Å². The maximum Gasteiger partial charge on any atom is 0.234 e. The van der Waals surface area contributed by atoms with E-state index in [0.717, 1.165) is 19.3 Å². The van der Waals surface area contributed by atoms with E-state index >= 15 is 0 Å². The molecular formula is C11H16N2O2. The van der Waals surface area contributed by atoms with E-state index in [-0.39, 0.29) is 11.7 Å². The molecule has 82 valence electrons. The summed E-state index contributed by atoms with van der Waals surface area (Å²) in [7, 11) is 0. The van der Waals surface area contributed by atoms with Gasteiger partial charge in [0.15, 0.2) is 5.82 Å². The Balaban J connectivity index is 1.91. The first-order valence-electron chi connectivity index (χ1n) is 5.49. The minimum absolute atomic E-state index is 0.245. The Kier molecular flexibility index (Phi) is 2.84. The van der Waals surface area contributed by atoms with E-state index in [1.807, 2.05) is 0 Å². The number of ketones is 1. The molecule has 1 heterocycles. The van der Waals surface area contributed by atoms with Crippen LogP contribution in [-0.4, -0.2) is 15.9 Å². The molecule has 0 saturated heterocycles. The van der Waals surface area contributed by atoms with Gasteiger partial charge in [-0.05, 0) is 18.8 Å². The van der Waals surface area contributed by atoms with E-state index in [2.05, 4.69) is 24.0 Å². The van der Waals surface area contributed by atoms with Gasteiger partial charge in [-0.1, -0.05) is 19.0 Å². The number of hydrogen-bond donors (Lipinski definition) is 0. The van der Waals surface area contributed by atoms with Crippen LogP contribution in [0.15, 0.2) is 4.52 Å². The second kappa shape index (κ2) is 4.13. The van der Waals surface area contributed by atoms with Gasteiger partial charge in [-0.15, -0.1) is 0 Å². The summed E-state index contributed by atoms with van der Waals surface area (Å²) < 4.78 is 5.03. The van der Waals surface area contributed by atoms with Gasteiger partial charge in [-0.25, -0.2) is 0 Å². The van der Waals surface area contributed by atoms with Crippen molar-refractivity contribution in [2.24, 2.45) is 11.8 Å².